The van der Waals surface area contributed by atoms with Crippen LogP contribution in [0.3, 0.4) is 0 Å². The van der Waals surface area contributed by atoms with Crippen LogP contribution in [0, 0.1) is 11.7 Å². The molecule has 2 aliphatic heterocycles. The standard InChI is InChI=1S/C29H22FN3O6S2/c1-38-19-11-7-17(8-12-19)31-21(34)14-39-20-4-2-3-15(13-20)22-23-25(40-26-24(22)41-29(37)32-26)28(36)33(27(23)35)18-9-5-16(30)6-10-18/h2-13,22-23,25H,14H2,1H3,(H,31,34)(H,32,37)/t22-,23-,25+/m0/s1. The van der Waals surface area contributed by atoms with Gasteiger partial charge in [0, 0.05) is 16.5 Å². The molecule has 0 spiro atoms. The number of nitrogens with zero attached hydrogens (tertiary/aromatic N) is 1. The number of anilines is 2. The van der Waals surface area contributed by atoms with Crippen molar-refractivity contribution in [1.82, 2.24) is 4.98 Å². The molecule has 3 aromatic carbocycles. The fourth-order valence-corrected chi connectivity index (χ4v) is 7.55. The van der Waals surface area contributed by atoms with Crippen LogP contribution in [0.5, 0.6) is 11.5 Å². The van der Waals surface area contributed by atoms with Gasteiger partial charge < -0.3 is 19.8 Å². The second-order valence-corrected chi connectivity index (χ2v) is 11.5. The number of thioether (sulfide) groups is 1. The first-order valence-corrected chi connectivity index (χ1v) is 14.2. The molecule has 4 aromatic rings. The van der Waals surface area contributed by atoms with Gasteiger partial charge in [0.15, 0.2) is 6.61 Å². The SMILES string of the molecule is COc1ccc(NC(=O)COc2cccc([C@@H]3c4sc(=O)[nH]c4S[C@H]4C(=O)N(c5ccc(F)cc5)C(=O)[C@@H]34)c2)cc1. The summed E-state index contributed by atoms with van der Waals surface area (Å²) in [5.74, 6) is -2.07. The van der Waals surface area contributed by atoms with E-state index < -0.39 is 34.7 Å². The first kappa shape index (κ1) is 26.8. The van der Waals surface area contributed by atoms with Gasteiger partial charge in [-0.3, -0.25) is 19.2 Å². The first-order chi connectivity index (χ1) is 19.8. The minimum absolute atomic E-state index is 0.263. The number of amides is 3. The van der Waals surface area contributed by atoms with E-state index in [4.69, 9.17) is 9.47 Å². The minimum Gasteiger partial charge on any atom is -0.497 e. The van der Waals surface area contributed by atoms with Crippen LogP contribution in [0.25, 0.3) is 0 Å². The van der Waals surface area contributed by atoms with E-state index in [1.165, 1.54) is 24.3 Å². The van der Waals surface area contributed by atoms with Gasteiger partial charge in [-0.1, -0.05) is 35.2 Å². The predicted octanol–water partition coefficient (Wildman–Crippen LogP) is 4.40. The minimum atomic E-state index is -0.801. The molecular formula is C29H22FN3O6S2. The summed E-state index contributed by atoms with van der Waals surface area (Å²) in [4.78, 5) is 56.3. The van der Waals surface area contributed by atoms with Crippen LogP contribution in [0.4, 0.5) is 15.8 Å². The Labute approximate surface area is 241 Å². The van der Waals surface area contributed by atoms with Crippen molar-refractivity contribution in [1.29, 1.82) is 0 Å². The number of H-pyrrole nitrogens is 1. The number of carbonyl (C=O) groups is 3. The molecule has 0 saturated carbocycles. The zero-order valence-corrected chi connectivity index (χ0v) is 23.1. The molecule has 2 aliphatic rings. The molecule has 3 atom stereocenters. The molecule has 3 amide bonds. The van der Waals surface area contributed by atoms with E-state index in [0.717, 1.165) is 28.0 Å². The molecule has 3 heterocycles. The third kappa shape index (κ3) is 5.11. The lowest BCUT2D eigenvalue weighted by Crippen LogP contribution is -2.32. The first-order valence-electron chi connectivity index (χ1n) is 12.5. The normalized spacial score (nSPS) is 19.5. The Morgan fingerprint density at radius 2 is 1.76 bits per heavy atom. The molecule has 0 unspecified atom stereocenters. The van der Waals surface area contributed by atoms with Crippen molar-refractivity contribution in [2.75, 3.05) is 23.9 Å². The summed E-state index contributed by atoms with van der Waals surface area (Å²) in [6, 6.07) is 19.0. The lowest BCUT2D eigenvalue weighted by Gasteiger charge is -2.30. The maximum Gasteiger partial charge on any atom is 0.305 e. The number of rotatable bonds is 7. The number of imide groups is 1. The highest BCUT2D eigenvalue weighted by atomic mass is 32.2. The van der Waals surface area contributed by atoms with E-state index in [1.807, 2.05) is 0 Å². The average Bonchev–Trinajstić information content (AvgIpc) is 3.47. The van der Waals surface area contributed by atoms with Gasteiger partial charge in [0.1, 0.15) is 22.6 Å². The molecule has 9 nitrogen and oxygen atoms in total. The molecule has 0 bridgehead atoms. The molecule has 1 saturated heterocycles. The Morgan fingerprint density at radius 3 is 2.49 bits per heavy atom. The predicted molar refractivity (Wildman–Crippen MR) is 152 cm³/mol. The van der Waals surface area contributed by atoms with E-state index in [1.54, 1.807) is 55.6 Å². The van der Waals surface area contributed by atoms with Gasteiger partial charge in [-0.25, -0.2) is 9.29 Å². The Kier molecular flexibility index (Phi) is 7.10. The fraction of sp³-hybridized carbons (Fsp3) is 0.172. The van der Waals surface area contributed by atoms with E-state index >= 15 is 0 Å². The molecule has 0 radical (unpaired) electrons. The average molecular weight is 592 g/mol. The van der Waals surface area contributed by atoms with Crippen molar-refractivity contribution < 1.29 is 28.2 Å². The van der Waals surface area contributed by atoms with E-state index in [2.05, 4.69) is 10.3 Å². The van der Waals surface area contributed by atoms with Gasteiger partial charge in [-0.2, -0.15) is 0 Å². The summed E-state index contributed by atoms with van der Waals surface area (Å²) in [6.45, 7) is -0.263. The van der Waals surface area contributed by atoms with Gasteiger partial charge in [-0.15, -0.1) is 0 Å². The van der Waals surface area contributed by atoms with Gasteiger partial charge in [0.05, 0.1) is 23.7 Å². The maximum absolute atomic E-state index is 13.8. The van der Waals surface area contributed by atoms with Crippen molar-refractivity contribution in [3.8, 4) is 11.5 Å². The number of methoxy groups -OCH3 is 1. The van der Waals surface area contributed by atoms with Gasteiger partial charge >= 0.3 is 4.87 Å². The highest BCUT2D eigenvalue weighted by molar-refractivity contribution is 8.00. The Bertz CT molecular complexity index is 1700. The van der Waals surface area contributed by atoms with Crippen LogP contribution in [0.2, 0.25) is 0 Å². The smallest absolute Gasteiger partial charge is 0.305 e. The highest BCUT2D eigenvalue weighted by Crippen LogP contribution is 2.53. The summed E-state index contributed by atoms with van der Waals surface area (Å²) < 4.78 is 24.4. The number of aromatic amines is 1. The molecule has 6 rings (SSSR count). The van der Waals surface area contributed by atoms with E-state index in [0.29, 0.717) is 32.7 Å². The van der Waals surface area contributed by atoms with Crippen LogP contribution in [-0.4, -0.2) is 41.7 Å². The molecule has 2 N–H and O–H groups in total. The Balaban J connectivity index is 1.26. The number of hydrogen-bond donors (Lipinski definition) is 2. The number of thiazole rings is 1. The van der Waals surface area contributed by atoms with Gasteiger partial charge in [0.25, 0.3) is 5.91 Å². The zero-order chi connectivity index (χ0) is 28.7. The number of benzene rings is 3. The van der Waals surface area contributed by atoms with Crippen molar-refractivity contribution in [2.24, 2.45) is 5.92 Å². The molecule has 1 fully saturated rings. The maximum atomic E-state index is 13.8. The monoisotopic (exact) mass is 591 g/mol. The Hall–Kier alpha value is -4.42. The summed E-state index contributed by atoms with van der Waals surface area (Å²) in [6.07, 6.45) is 0. The zero-order valence-electron chi connectivity index (χ0n) is 21.5. The van der Waals surface area contributed by atoms with E-state index in [9.17, 15) is 23.6 Å². The van der Waals surface area contributed by atoms with Crippen molar-refractivity contribution in [3.63, 3.8) is 0 Å². The molecule has 208 valence electrons. The lowest BCUT2D eigenvalue weighted by atomic mass is 9.83. The number of halogens is 1. The number of fused-ring (bicyclic) bond motifs is 2. The number of ether oxygens (including phenoxy) is 2. The summed E-state index contributed by atoms with van der Waals surface area (Å²) in [7, 11) is 1.56. The molecule has 41 heavy (non-hydrogen) atoms. The van der Waals surface area contributed by atoms with Gasteiger partial charge in [-0.05, 0) is 66.2 Å². The third-order valence-electron chi connectivity index (χ3n) is 6.87. The second kappa shape index (κ2) is 10.9. The summed E-state index contributed by atoms with van der Waals surface area (Å²) in [5.41, 5.74) is 1.53. The third-order valence-corrected chi connectivity index (χ3v) is 9.27. The van der Waals surface area contributed by atoms with Crippen LogP contribution >= 0.6 is 23.1 Å². The molecule has 1 aromatic heterocycles. The van der Waals surface area contributed by atoms with Crippen LogP contribution < -0.4 is 24.6 Å². The van der Waals surface area contributed by atoms with Crippen LogP contribution in [-0.2, 0) is 14.4 Å². The van der Waals surface area contributed by atoms with Crippen LogP contribution in [0.15, 0.2) is 82.6 Å². The van der Waals surface area contributed by atoms with Crippen LogP contribution in [0.1, 0.15) is 16.4 Å². The number of aromatic nitrogens is 1. The lowest BCUT2D eigenvalue weighted by molar-refractivity contribution is -0.122. The fourth-order valence-electron chi connectivity index (χ4n) is 5.04. The highest BCUT2D eigenvalue weighted by Gasteiger charge is 2.56. The van der Waals surface area contributed by atoms with Gasteiger partial charge in [0.2, 0.25) is 11.8 Å². The number of hydrogen-bond acceptors (Lipinski definition) is 8. The number of nitrogens with one attached hydrogen (secondary N) is 2. The van der Waals surface area contributed by atoms with E-state index in [-0.39, 0.29) is 23.1 Å². The van der Waals surface area contributed by atoms with Crippen molar-refractivity contribution >= 4 is 52.2 Å². The summed E-state index contributed by atoms with van der Waals surface area (Å²) in [5, 5.41) is 2.51. The van der Waals surface area contributed by atoms with Crippen molar-refractivity contribution in [3.05, 3.63) is 98.7 Å². The Morgan fingerprint density at radius 1 is 1.00 bits per heavy atom. The van der Waals surface area contributed by atoms with Crippen molar-refractivity contribution in [2.45, 2.75) is 16.2 Å². The second-order valence-electron chi connectivity index (χ2n) is 9.38. The molecule has 0 aliphatic carbocycles. The quantitative estimate of drug-likeness (QED) is 0.306. The molecular weight excluding hydrogens is 569 g/mol. The largest absolute Gasteiger partial charge is 0.497 e. The topological polar surface area (TPSA) is 118 Å². The number of carbonyl (C=O) groups excluding carboxylic acids is 3. The summed E-state index contributed by atoms with van der Waals surface area (Å²) >= 11 is 2.15. The molecule has 12 heteroatoms.